The number of hydrogen-bond acceptors (Lipinski definition) is 6. The first-order valence-electron chi connectivity index (χ1n) is 5.82. The molecule has 0 spiro atoms. The Bertz CT molecular complexity index is 780. The van der Waals surface area contributed by atoms with Crippen molar-refractivity contribution in [2.24, 2.45) is 5.92 Å². The summed E-state index contributed by atoms with van der Waals surface area (Å²) in [5.74, 6) is -3.97. The fraction of sp³-hybridized carbons (Fsp3) is 0.364. The van der Waals surface area contributed by atoms with Crippen molar-refractivity contribution >= 4 is 25.9 Å². The van der Waals surface area contributed by atoms with Gasteiger partial charge in [-0.15, -0.1) is 0 Å². The molecule has 0 aliphatic heterocycles. The van der Waals surface area contributed by atoms with Crippen LogP contribution in [-0.2, 0) is 24.7 Å². The van der Waals surface area contributed by atoms with Crippen molar-refractivity contribution in [1.82, 2.24) is 0 Å². The van der Waals surface area contributed by atoms with E-state index in [9.17, 15) is 34.8 Å². The number of aliphatic carboxylic acids is 1. The van der Waals surface area contributed by atoms with E-state index in [4.69, 9.17) is 5.11 Å². The monoisotopic (exact) mass is 376 g/mol. The lowest BCUT2D eigenvalue weighted by Crippen LogP contribution is -2.28. The first-order valence-corrected chi connectivity index (χ1v) is 8.89. The second-order valence-corrected chi connectivity index (χ2v) is 8.05. The van der Waals surface area contributed by atoms with Crippen molar-refractivity contribution in [3.8, 4) is 5.75 Å². The molecule has 1 rings (SSSR count). The van der Waals surface area contributed by atoms with Crippen LogP contribution < -0.4 is 4.18 Å². The Labute approximate surface area is 129 Å². The molecule has 0 saturated heterocycles. The topological polar surface area (TPSA) is 115 Å². The maximum absolute atomic E-state index is 12.1. The number of alkyl halides is 3. The van der Waals surface area contributed by atoms with Crippen LogP contribution >= 0.6 is 0 Å². The minimum atomic E-state index is -5.86. The third-order valence-electron chi connectivity index (χ3n) is 2.56. The molecular weight excluding hydrogens is 365 g/mol. The molecule has 0 saturated carbocycles. The van der Waals surface area contributed by atoms with Crippen molar-refractivity contribution in [3.63, 3.8) is 0 Å². The van der Waals surface area contributed by atoms with Crippen molar-refractivity contribution in [1.29, 1.82) is 0 Å². The number of benzene rings is 1. The summed E-state index contributed by atoms with van der Waals surface area (Å²) in [5.41, 5.74) is -5.62. The zero-order valence-corrected chi connectivity index (χ0v) is 13.1. The van der Waals surface area contributed by atoms with E-state index in [2.05, 4.69) is 4.18 Å². The van der Waals surface area contributed by atoms with Gasteiger partial charge in [-0.25, -0.2) is 8.42 Å². The van der Waals surface area contributed by atoms with E-state index in [0.29, 0.717) is 0 Å². The molecule has 0 radical (unpaired) electrons. The Kier molecular flexibility index (Phi) is 5.31. The normalized spacial score (nSPS) is 14.3. The van der Waals surface area contributed by atoms with Crippen LogP contribution in [0.15, 0.2) is 29.2 Å². The molecule has 1 unspecified atom stereocenters. The molecule has 1 aromatic carbocycles. The van der Waals surface area contributed by atoms with Crippen molar-refractivity contribution in [2.75, 3.05) is 5.75 Å². The molecule has 0 aromatic heterocycles. The summed E-state index contributed by atoms with van der Waals surface area (Å²) in [6, 6.07) is 3.10. The van der Waals surface area contributed by atoms with Gasteiger partial charge in [-0.1, -0.05) is 6.92 Å². The van der Waals surface area contributed by atoms with Crippen LogP contribution in [0.5, 0.6) is 5.75 Å². The Balaban J connectivity index is 2.99. The molecule has 23 heavy (non-hydrogen) atoms. The molecule has 0 aliphatic rings. The molecule has 12 heteroatoms. The van der Waals surface area contributed by atoms with E-state index in [1.165, 1.54) is 6.92 Å². The minimum Gasteiger partial charge on any atom is -0.481 e. The summed E-state index contributed by atoms with van der Waals surface area (Å²) in [6.07, 6.45) is 0. The number of halogens is 3. The van der Waals surface area contributed by atoms with Crippen LogP contribution in [0.25, 0.3) is 0 Å². The van der Waals surface area contributed by atoms with E-state index in [0.717, 1.165) is 24.3 Å². The Hall–Kier alpha value is -1.82. The summed E-state index contributed by atoms with van der Waals surface area (Å²) < 4.78 is 85.6. The molecule has 1 N–H and O–H groups in total. The number of carbonyl (C=O) groups is 1. The molecule has 0 bridgehead atoms. The minimum absolute atomic E-state index is 0.373. The molecule has 7 nitrogen and oxygen atoms in total. The van der Waals surface area contributed by atoms with Crippen molar-refractivity contribution in [2.45, 2.75) is 17.3 Å². The van der Waals surface area contributed by atoms with Crippen LogP contribution in [0, 0.1) is 5.92 Å². The third-order valence-corrected chi connectivity index (χ3v) is 5.47. The van der Waals surface area contributed by atoms with Gasteiger partial charge < -0.3 is 9.29 Å². The molecule has 1 atom stereocenters. The van der Waals surface area contributed by atoms with Gasteiger partial charge in [0.2, 0.25) is 0 Å². The predicted molar refractivity (Wildman–Crippen MR) is 70.9 cm³/mol. The average molecular weight is 376 g/mol. The third kappa shape index (κ3) is 4.82. The van der Waals surface area contributed by atoms with Gasteiger partial charge >= 0.3 is 21.6 Å². The van der Waals surface area contributed by atoms with Gasteiger partial charge in [-0.3, -0.25) is 4.79 Å². The maximum Gasteiger partial charge on any atom is 0.534 e. The van der Waals surface area contributed by atoms with Gasteiger partial charge in [0.25, 0.3) is 0 Å². The smallest absolute Gasteiger partial charge is 0.481 e. The van der Waals surface area contributed by atoms with Crippen molar-refractivity contribution in [3.05, 3.63) is 24.3 Å². The molecule has 130 valence electrons. The second kappa shape index (κ2) is 6.35. The fourth-order valence-corrected chi connectivity index (χ4v) is 3.38. The molecule has 0 heterocycles. The second-order valence-electron chi connectivity index (χ2n) is 4.48. The molecule has 0 fully saturated rings. The van der Waals surface area contributed by atoms with Gasteiger partial charge in [0.05, 0.1) is 16.6 Å². The highest BCUT2D eigenvalue weighted by atomic mass is 32.2. The number of sulfone groups is 1. The first kappa shape index (κ1) is 19.2. The van der Waals surface area contributed by atoms with E-state index in [-0.39, 0.29) is 4.90 Å². The zero-order chi connectivity index (χ0) is 18.1. The maximum atomic E-state index is 12.1. The Morgan fingerprint density at radius 2 is 1.65 bits per heavy atom. The molecule has 1 aromatic rings. The van der Waals surface area contributed by atoms with E-state index < -0.39 is 48.9 Å². The standard InChI is InChI=1S/C11H11F3O7S2/c1-7(10(15)16)6-22(17,18)9-4-2-8(3-5-9)21-23(19,20)11(12,13)14/h2-5,7H,6H2,1H3,(H,15,16). The van der Waals surface area contributed by atoms with Crippen LogP contribution in [-0.4, -0.2) is 39.2 Å². The van der Waals surface area contributed by atoms with Crippen molar-refractivity contribution < 1.29 is 44.1 Å². The lowest BCUT2D eigenvalue weighted by molar-refractivity contribution is -0.140. The number of rotatable bonds is 6. The summed E-state index contributed by atoms with van der Waals surface area (Å²) in [7, 11) is -9.86. The first-order chi connectivity index (χ1) is 10.3. The number of carboxylic acids is 1. The Morgan fingerprint density at radius 3 is 2.04 bits per heavy atom. The zero-order valence-electron chi connectivity index (χ0n) is 11.4. The van der Waals surface area contributed by atoms with E-state index >= 15 is 0 Å². The highest BCUT2D eigenvalue weighted by Crippen LogP contribution is 2.27. The SMILES string of the molecule is CC(CS(=O)(=O)c1ccc(OS(=O)(=O)C(F)(F)F)cc1)C(=O)O. The summed E-state index contributed by atoms with van der Waals surface area (Å²) in [4.78, 5) is 10.3. The van der Waals surface area contributed by atoms with Gasteiger partial charge in [-0.2, -0.15) is 21.6 Å². The van der Waals surface area contributed by atoms with Crippen LogP contribution in [0.3, 0.4) is 0 Å². The predicted octanol–water partition coefficient (Wildman–Crippen LogP) is 1.41. The van der Waals surface area contributed by atoms with Gasteiger partial charge in [0.1, 0.15) is 5.75 Å². The quantitative estimate of drug-likeness (QED) is 0.590. The van der Waals surface area contributed by atoms with Crippen LogP contribution in [0.4, 0.5) is 13.2 Å². The van der Waals surface area contributed by atoms with E-state index in [1.54, 1.807) is 0 Å². The van der Waals surface area contributed by atoms with E-state index in [1.807, 2.05) is 0 Å². The average Bonchev–Trinajstić information content (AvgIpc) is 2.36. The molecule has 0 amide bonds. The summed E-state index contributed by atoms with van der Waals surface area (Å²) >= 11 is 0. The lowest BCUT2D eigenvalue weighted by atomic mass is 10.2. The number of hydrogen-bond donors (Lipinski definition) is 1. The van der Waals surface area contributed by atoms with Gasteiger partial charge in [-0.05, 0) is 24.3 Å². The highest BCUT2D eigenvalue weighted by molar-refractivity contribution is 7.91. The van der Waals surface area contributed by atoms with Gasteiger partial charge in [0, 0.05) is 0 Å². The summed E-state index contributed by atoms with van der Waals surface area (Å²) in [5, 5.41) is 8.68. The fourth-order valence-electron chi connectivity index (χ4n) is 1.37. The lowest BCUT2D eigenvalue weighted by Gasteiger charge is -2.11. The van der Waals surface area contributed by atoms with Crippen LogP contribution in [0.1, 0.15) is 6.92 Å². The largest absolute Gasteiger partial charge is 0.534 e. The highest BCUT2D eigenvalue weighted by Gasteiger charge is 2.48. The Morgan fingerprint density at radius 1 is 1.17 bits per heavy atom. The summed E-state index contributed by atoms with van der Waals surface area (Å²) in [6.45, 7) is 1.17. The number of carboxylic acid groups (broad SMARTS) is 1. The molecular formula is C11H11F3O7S2. The molecule has 0 aliphatic carbocycles. The van der Waals surface area contributed by atoms with Crippen LogP contribution in [0.2, 0.25) is 0 Å². The van der Waals surface area contributed by atoms with Gasteiger partial charge in [0.15, 0.2) is 9.84 Å².